The first-order valence-electron chi connectivity index (χ1n) is 5.93. The Labute approximate surface area is 108 Å². The SMILES string of the molecule is N#Cc1cc(C(F)(F)F)ccc1OC1CCC(N)C1. The van der Waals surface area contributed by atoms with Crippen molar-refractivity contribution in [3.05, 3.63) is 29.3 Å². The van der Waals surface area contributed by atoms with E-state index in [9.17, 15) is 13.2 Å². The van der Waals surface area contributed by atoms with Crippen molar-refractivity contribution in [3.63, 3.8) is 0 Å². The van der Waals surface area contributed by atoms with E-state index in [4.69, 9.17) is 15.7 Å². The number of halogens is 3. The highest BCUT2D eigenvalue weighted by molar-refractivity contribution is 5.46. The number of hydrogen-bond acceptors (Lipinski definition) is 3. The van der Waals surface area contributed by atoms with Crippen LogP contribution in [0.1, 0.15) is 30.4 Å². The summed E-state index contributed by atoms with van der Waals surface area (Å²) in [6.07, 6.45) is -2.34. The average molecular weight is 270 g/mol. The Morgan fingerprint density at radius 3 is 2.58 bits per heavy atom. The van der Waals surface area contributed by atoms with E-state index in [2.05, 4.69) is 0 Å². The van der Waals surface area contributed by atoms with E-state index in [0.29, 0.717) is 6.42 Å². The van der Waals surface area contributed by atoms with Crippen LogP contribution >= 0.6 is 0 Å². The van der Waals surface area contributed by atoms with E-state index >= 15 is 0 Å². The third-order valence-corrected chi connectivity index (χ3v) is 3.15. The van der Waals surface area contributed by atoms with Gasteiger partial charge in [0, 0.05) is 6.04 Å². The van der Waals surface area contributed by atoms with Gasteiger partial charge in [0.1, 0.15) is 17.9 Å². The van der Waals surface area contributed by atoms with Gasteiger partial charge in [-0.1, -0.05) is 0 Å². The van der Waals surface area contributed by atoms with Crippen LogP contribution in [-0.2, 0) is 6.18 Å². The molecule has 2 unspecified atom stereocenters. The van der Waals surface area contributed by atoms with Gasteiger partial charge in [0.05, 0.1) is 11.1 Å². The molecule has 0 aliphatic heterocycles. The van der Waals surface area contributed by atoms with E-state index in [-0.39, 0.29) is 23.5 Å². The maximum Gasteiger partial charge on any atom is 0.416 e. The molecule has 1 aliphatic rings. The summed E-state index contributed by atoms with van der Waals surface area (Å²) in [7, 11) is 0. The molecule has 1 aliphatic carbocycles. The fourth-order valence-electron chi connectivity index (χ4n) is 2.16. The Morgan fingerprint density at radius 2 is 2.05 bits per heavy atom. The fourth-order valence-corrected chi connectivity index (χ4v) is 2.16. The molecule has 1 aromatic carbocycles. The number of alkyl halides is 3. The predicted octanol–water partition coefficient (Wildman–Crippen LogP) is 2.84. The number of hydrogen-bond donors (Lipinski definition) is 1. The van der Waals surface area contributed by atoms with Gasteiger partial charge in [0.15, 0.2) is 0 Å². The van der Waals surface area contributed by atoms with Gasteiger partial charge < -0.3 is 10.5 Å². The number of ether oxygens (including phenoxy) is 1. The molecule has 0 heterocycles. The summed E-state index contributed by atoms with van der Waals surface area (Å²) in [5.41, 5.74) is 4.79. The third-order valence-electron chi connectivity index (χ3n) is 3.15. The Balaban J connectivity index is 2.20. The summed E-state index contributed by atoms with van der Waals surface area (Å²) in [6, 6.07) is 4.73. The van der Waals surface area contributed by atoms with Crippen molar-refractivity contribution in [1.29, 1.82) is 5.26 Å². The van der Waals surface area contributed by atoms with Crippen LogP contribution in [0.4, 0.5) is 13.2 Å². The molecular formula is C13H13F3N2O. The molecule has 0 saturated heterocycles. The highest BCUT2D eigenvalue weighted by Gasteiger charge is 2.31. The second-order valence-corrected chi connectivity index (χ2v) is 4.63. The molecule has 19 heavy (non-hydrogen) atoms. The van der Waals surface area contributed by atoms with Crippen LogP contribution in [0.3, 0.4) is 0 Å². The van der Waals surface area contributed by atoms with E-state index in [1.54, 1.807) is 6.07 Å². The molecule has 1 aromatic rings. The Kier molecular flexibility index (Phi) is 3.67. The number of nitrogens with two attached hydrogens (primary N) is 1. The zero-order chi connectivity index (χ0) is 14.0. The van der Waals surface area contributed by atoms with Gasteiger partial charge in [-0.15, -0.1) is 0 Å². The minimum absolute atomic E-state index is 0.0602. The van der Waals surface area contributed by atoms with Crippen LogP contribution in [0, 0.1) is 11.3 Å². The van der Waals surface area contributed by atoms with Crippen molar-refractivity contribution in [1.82, 2.24) is 0 Å². The maximum atomic E-state index is 12.5. The van der Waals surface area contributed by atoms with Gasteiger partial charge in [-0.25, -0.2) is 0 Å². The molecule has 1 fully saturated rings. The standard InChI is InChI=1S/C13H13F3N2O/c14-13(15,16)9-1-4-12(8(5-9)7-17)19-11-3-2-10(18)6-11/h1,4-5,10-11H,2-3,6,18H2. The quantitative estimate of drug-likeness (QED) is 0.899. The monoisotopic (exact) mass is 270 g/mol. The lowest BCUT2D eigenvalue weighted by Gasteiger charge is -2.15. The van der Waals surface area contributed by atoms with Crippen LogP contribution in [0.5, 0.6) is 5.75 Å². The summed E-state index contributed by atoms with van der Waals surface area (Å²) >= 11 is 0. The average Bonchev–Trinajstić information content (AvgIpc) is 2.74. The van der Waals surface area contributed by atoms with Crippen LogP contribution in [0.2, 0.25) is 0 Å². The number of nitrogens with zero attached hydrogens (tertiary/aromatic N) is 1. The largest absolute Gasteiger partial charge is 0.489 e. The van der Waals surface area contributed by atoms with Crippen LogP contribution in [0.15, 0.2) is 18.2 Å². The molecule has 0 radical (unpaired) electrons. The van der Waals surface area contributed by atoms with Crippen molar-refractivity contribution in [2.24, 2.45) is 5.73 Å². The summed E-state index contributed by atoms with van der Waals surface area (Å²) in [5, 5.41) is 8.91. The molecule has 0 spiro atoms. The zero-order valence-electron chi connectivity index (χ0n) is 10.1. The van der Waals surface area contributed by atoms with Crippen molar-refractivity contribution in [2.75, 3.05) is 0 Å². The summed E-state index contributed by atoms with van der Waals surface area (Å²) in [6.45, 7) is 0. The summed E-state index contributed by atoms with van der Waals surface area (Å²) < 4.78 is 43.1. The Bertz CT molecular complexity index is 508. The number of benzene rings is 1. The normalized spacial score (nSPS) is 23.1. The lowest BCUT2D eigenvalue weighted by atomic mass is 10.1. The minimum Gasteiger partial charge on any atom is -0.489 e. The molecule has 6 heteroatoms. The molecule has 2 atom stereocenters. The highest BCUT2D eigenvalue weighted by atomic mass is 19.4. The fraction of sp³-hybridized carbons (Fsp3) is 0.462. The van der Waals surface area contributed by atoms with E-state index in [1.165, 1.54) is 6.07 Å². The molecule has 102 valence electrons. The smallest absolute Gasteiger partial charge is 0.416 e. The third kappa shape index (κ3) is 3.18. The molecule has 0 amide bonds. The minimum atomic E-state index is -4.46. The molecule has 2 N–H and O–H groups in total. The van der Waals surface area contributed by atoms with Crippen molar-refractivity contribution >= 4 is 0 Å². The summed E-state index contributed by atoms with van der Waals surface area (Å²) in [4.78, 5) is 0. The number of nitriles is 1. The first-order chi connectivity index (χ1) is 8.90. The van der Waals surface area contributed by atoms with Gasteiger partial charge in [0.25, 0.3) is 0 Å². The summed E-state index contributed by atoms with van der Waals surface area (Å²) in [5.74, 6) is 0.189. The van der Waals surface area contributed by atoms with E-state index < -0.39 is 11.7 Å². The molecule has 3 nitrogen and oxygen atoms in total. The molecule has 1 saturated carbocycles. The van der Waals surface area contributed by atoms with E-state index in [1.807, 2.05) is 0 Å². The van der Waals surface area contributed by atoms with Crippen LogP contribution in [0.25, 0.3) is 0 Å². The predicted molar refractivity (Wildman–Crippen MR) is 62.4 cm³/mol. The first kappa shape index (κ1) is 13.7. The second-order valence-electron chi connectivity index (χ2n) is 4.63. The first-order valence-corrected chi connectivity index (χ1v) is 5.93. The maximum absolute atomic E-state index is 12.5. The molecule has 0 bridgehead atoms. The van der Waals surface area contributed by atoms with Gasteiger partial charge in [-0.2, -0.15) is 18.4 Å². The van der Waals surface area contributed by atoms with Gasteiger partial charge in [-0.3, -0.25) is 0 Å². The molecule has 0 aromatic heterocycles. The van der Waals surface area contributed by atoms with Crippen LogP contribution < -0.4 is 10.5 Å². The topological polar surface area (TPSA) is 59.0 Å². The van der Waals surface area contributed by atoms with Crippen molar-refractivity contribution in [2.45, 2.75) is 37.6 Å². The molecular weight excluding hydrogens is 257 g/mol. The van der Waals surface area contributed by atoms with Crippen molar-refractivity contribution in [3.8, 4) is 11.8 Å². The van der Waals surface area contributed by atoms with Crippen LogP contribution in [-0.4, -0.2) is 12.1 Å². The lowest BCUT2D eigenvalue weighted by molar-refractivity contribution is -0.137. The lowest BCUT2D eigenvalue weighted by Crippen LogP contribution is -2.19. The Morgan fingerprint density at radius 1 is 1.32 bits per heavy atom. The van der Waals surface area contributed by atoms with Gasteiger partial charge >= 0.3 is 6.18 Å². The van der Waals surface area contributed by atoms with Crippen molar-refractivity contribution < 1.29 is 17.9 Å². The van der Waals surface area contributed by atoms with Gasteiger partial charge in [0.2, 0.25) is 0 Å². The molecule has 2 rings (SSSR count). The van der Waals surface area contributed by atoms with E-state index in [0.717, 1.165) is 25.0 Å². The highest BCUT2D eigenvalue weighted by Crippen LogP contribution is 2.33. The second kappa shape index (κ2) is 5.10. The van der Waals surface area contributed by atoms with Gasteiger partial charge in [-0.05, 0) is 37.5 Å². The number of rotatable bonds is 2. The Hall–Kier alpha value is -1.74. The zero-order valence-corrected chi connectivity index (χ0v) is 10.1.